The Morgan fingerprint density at radius 1 is 1.39 bits per heavy atom. The molecule has 4 atom stereocenters. The second-order valence-corrected chi connectivity index (χ2v) is 10.7. The van der Waals surface area contributed by atoms with Crippen LogP contribution in [-0.4, -0.2) is 26.8 Å². The number of nitrogens with zero attached hydrogens (tertiary/aromatic N) is 3. The van der Waals surface area contributed by atoms with Gasteiger partial charge >= 0.3 is 0 Å². The minimum absolute atomic E-state index is 0.0225. The van der Waals surface area contributed by atoms with Crippen molar-refractivity contribution in [2.24, 2.45) is 23.2 Å². The van der Waals surface area contributed by atoms with Crippen LogP contribution in [0.5, 0.6) is 0 Å². The van der Waals surface area contributed by atoms with E-state index in [-0.39, 0.29) is 17.9 Å². The van der Waals surface area contributed by atoms with Crippen LogP contribution >= 0.6 is 15.9 Å². The van der Waals surface area contributed by atoms with E-state index < -0.39 is 0 Å². The molecule has 0 aromatic carbocycles. The highest BCUT2D eigenvalue weighted by atomic mass is 79.9. The molecule has 3 aliphatic carbocycles. The predicted molar refractivity (Wildman–Crippen MR) is 122 cm³/mol. The number of halogens is 1. The van der Waals surface area contributed by atoms with E-state index in [0.29, 0.717) is 52.7 Å². The zero-order chi connectivity index (χ0) is 22.3. The molecule has 2 heterocycles. The van der Waals surface area contributed by atoms with E-state index in [1.165, 1.54) is 11.1 Å². The van der Waals surface area contributed by atoms with E-state index in [1.54, 1.807) is 6.20 Å². The fraction of sp³-hybridized carbons (Fsp3) is 0.652. The first-order valence-corrected chi connectivity index (χ1v) is 11.9. The summed E-state index contributed by atoms with van der Waals surface area (Å²) >= 11 is 3.44. The zero-order valence-corrected chi connectivity index (χ0v) is 20.2. The normalized spacial score (nSPS) is 26.4. The van der Waals surface area contributed by atoms with Crippen molar-refractivity contribution in [3.63, 3.8) is 0 Å². The summed E-state index contributed by atoms with van der Waals surface area (Å²) in [6, 6.07) is 2.21. The molecule has 7 nitrogen and oxygen atoms in total. The van der Waals surface area contributed by atoms with Crippen LogP contribution in [-0.2, 0) is 17.8 Å². The van der Waals surface area contributed by atoms with Crippen LogP contribution in [0.3, 0.4) is 0 Å². The van der Waals surface area contributed by atoms with Gasteiger partial charge in [-0.3, -0.25) is 9.59 Å². The summed E-state index contributed by atoms with van der Waals surface area (Å²) in [6.07, 6.45) is 5.76. The Bertz CT molecular complexity index is 1030. The second kappa shape index (κ2) is 8.52. The maximum atomic E-state index is 12.8. The molecule has 0 unspecified atom stereocenters. The Hall–Kier alpha value is -1.96. The van der Waals surface area contributed by atoms with Crippen molar-refractivity contribution in [1.82, 2.24) is 14.9 Å². The lowest BCUT2D eigenvalue weighted by atomic mass is 9.45. The van der Waals surface area contributed by atoms with Crippen molar-refractivity contribution in [2.75, 3.05) is 5.32 Å². The van der Waals surface area contributed by atoms with Crippen molar-refractivity contribution in [2.45, 2.75) is 72.4 Å². The zero-order valence-electron chi connectivity index (χ0n) is 18.7. The van der Waals surface area contributed by atoms with Gasteiger partial charge in [0.2, 0.25) is 0 Å². The minimum Gasteiger partial charge on any atom is -0.380 e. The Labute approximate surface area is 191 Å². The number of hydrogen-bond donors (Lipinski definition) is 1. The molecule has 1 N–H and O–H groups in total. The molecule has 0 radical (unpaired) electrons. The maximum Gasteiger partial charge on any atom is 0.283 e. The third-order valence-electron chi connectivity index (χ3n) is 7.56. The highest BCUT2D eigenvalue weighted by Crippen LogP contribution is 2.61. The first kappa shape index (κ1) is 22.2. The average Bonchev–Trinajstić information content (AvgIpc) is 3.13. The topological polar surface area (TPSA) is 90.0 Å². The van der Waals surface area contributed by atoms with E-state index >= 15 is 0 Å². The number of carbonyl (C=O) groups is 1. The summed E-state index contributed by atoms with van der Waals surface area (Å²) in [5.74, 6) is 2.74. The number of carbonyl (C=O) groups excluding carboxylic acids is 1. The third kappa shape index (κ3) is 4.36. The van der Waals surface area contributed by atoms with Crippen LogP contribution in [0.25, 0.3) is 0 Å². The van der Waals surface area contributed by atoms with Crippen LogP contribution in [0.15, 0.2) is 26.1 Å². The average molecular weight is 491 g/mol. The molecule has 5 rings (SSSR count). The van der Waals surface area contributed by atoms with E-state index in [4.69, 9.17) is 4.52 Å². The van der Waals surface area contributed by atoms with Gasteiger partial charge in [-0.15, -0.1) is 0 Å². The number of aromatic nitrogens is 3. The number of nitrogens with one attached hydrogen (secondary N) is 1. The van der Waals surface area contributed by atoms with Gasteiger partial charge in [-0.1, -0.05) is 25.9 Å². The molecule has 0 aliphatic heterocycles. The molecule has 0 saturated heterocycles. The fourth-order valence-corrected chi connectivity index (χ4v) is 5.88. The molecule has 3 aliphatic rings. The van der Waals surface area contributed by atoms with E-state index in [2.05, 4.69) is 52.3 Å². The van der Waals surface area contributed by atoms with Gasteiger partial charge in [0.25, 0.3) is 5.56 Å². The number of Topliss-reactive ketones (excluding diaryl/α,β-unsaturated/α-hetero) is 1. The highest BCUT2D eigenvalue weighted by Gasteiger charge is 2.56. The minimum atomic E-state index is -0.279. The molecular formula is C23H31BrN4O3. The van der Waals surface area contributed by atoms with Gasteiger partial charge in [0.15, 0.2) is 5.78 Å². The number of rotatable bonds is 8. The Balaban J connectivity index is 1.34. The lowest BCUT2D eigenvalue weighted by Gasteiger charge is -2.62. The van der Waals surface area contributed by atoms with E-state index in [9.17, 15) is 9.59 Å². The molecule has 31 heavy (non-hydrogen) atoms. The van der Waals surface area contributed by atoms with Crippen molar-refractivity contribution < 1.29 is 9.32 Å². The van der Waals surface area contributed by atoms with Gasteiger partial charge in [0.05, 0.1) is 17.6 Å². The van der Waals surface area contributed by atoms with Gasteiger partial charge in [-0.25, -0.2) is 4.68 Å². The van der Waals surface area contributed by atoms with Gasteiger partial charge in [0.1, 0.15) is 16.8 Å². The predicted octanol–water partition coefficient (Wildman–Crippen LogP) is 4.38. The summed E-state index contributed by atoms with van der Waals surface area (Å²) < 4.78 is 6.84. The lowest BCUT2D eigenvalue weighted by Crippen LogP contribution is -2.58. The Kier molecular flexibility index (Phi) is 6.12. The van der Waals surface area contributed by atoms with E-state index in [0.717, 1.165) is 23.8 Å². The summed E-state index contributed by atoms with van der Waals surface area (Å²) in [7, 11) is 0. The molecule has 168 valence electrons. The summed E-state index contributed by atoms with van der Waals surface area (Å²) in [4.78, 5) is 25.1. The van der Waals surface area contributed by atoms with Crippen LogP contribution in [0.4, 0.5) is 5.69 Å². The molecular weight excluding hydrogens is 460 g/mol. The highest BCUT2D eigenvalue weighted by molar-refractivity contribution is 9.10. The third-order valence-corrected chi connectivity index (χ3v) is 8.33. The molecule has 2 bridgehead atoms. The van der Waals surface area contributed by atoms with Crippen LogP contribution in [0.2, 0.25) is 0 Å². The monoisotopic (exact) mass is 490 g/mol. The summed E-state index contributed by atoms with van der Waals surface area (Å²) in [5.41, 5.74) is 1.69. The van der Waals surface area contributed by atoms with Crippen molar-refractivity contribution >= 4 is 27.4 Å². The molecule has 8 heteroatoms. The first-order chi connectivity index (χ1) is 14.7. The second-order valence-electron chi connectivity index (χ2n) is 9.87. The van der Waals surface area contributed by atoms with Gasteiger partial charge in [-0.05, 0) is 65.3 Å². The number of fused-ring (bicyclic) bond motifs is 2. The van der Waals surface area contributed by atoms with Crippen molar-refractivity contribution in [1.29, 1.82) is 0 Å². The Morgan fingerprint density at radius 2 is 2.16 bits per heavy atom. The van der Waals surface area contributed by atoms with Crippen LogP contribution in [0.1, 0.15) is 57.9 Å². The molecule has 3 fully saturated rings. The molecule has 3 saturated carbocycles. The van der Waals surface area contributed by atoms with Crippen molar-refractivity contribution in [3.05, 3.63) is 38.5 Å². The maximum absolute atomic E-state index is 12.8. The first-order valence-electron chi connectivity index (χ1n) is 11.1. The van der Waals surface area contributed by atoms with E-state index in [1.807, 2.05) is 13.0 Å². The fourth-order valence-electron chi connectivity index (χ4n) is 5.46. The van der Waals surface area contributed by atoms with Gasteiger partial charge in [0, 0.05) is 24.9 Å². The SMILES string of the molecule is Cc1cc(CCCC(=O)Cn2ncc(N[C@@H]3C[C@@H]4C[C@H]([C@H]3C)C4(C)C)c(Br)c2=O)on1. The van der Waals surface area contributed by atoms with Crippen LogP contribution < -0.4 is 10.9 Å². The molecule has 0 amide bonds. The lowest BCUT2D eigenvalue weighted by molar-refractivity contribution is -0.120. The van der Waals surface area contributed by atoms with Crippen molar-refractivity contribution in [3.8, 4) is 0 Å². The van der Waals surface area contributed by atoms with Gasteiger partial charge < -0.3 is 9.84 Å². The Morgan fingerprint density at radius 3 is 2.81 bits per heavy atom. The quantitative estimate of drug-likeness (QED) is 0.590. The molecule has 0 spiro atoms. The van der Waals surface area contributed by atoms with Gasteiger partial charge in [-0.2, -0.15) is 5.10 Å². The summed E-state index contributed by atoms with van der Waals surface area (Å²) in [5, 5.41) is 11.7. The number of hydrogen-bond acceptors (Lipinski definition) is 6. The smallest absolute Gasteiger partial charge is 0.283 e. The summed E-state index contributed by atoms with van der Waals surface area (Å²) in [6.45, 7) is 8.90. The number of ketones is 1. The van der Waals surface area contributed by atoms with Crippen LogP contribution in [0, 0.1) is 30.1 Å². The largest absolute Gasteiger partial charge is 0.380 e. The number of anilines is 1. The molecule has 2 aromatic heterocycles. The standard InChI is InChI=1S/C23H31BrN4O3/c1-13-8-17(31-27-13)7-5-6-16(29)12-28-22(30)21(24)20(11-25-28)26-19-10-15-9-18(14(19)2)23(15,3)4/h8,11,14-15,18-19,26H,5-7,9-10,12H2,1-4H3/t14-,15+,18-,19-/m1/s1. The number of aryl methyl sites for hydroxylation is 2. The molecule has 2 aromatic rings.